The van der Waals surface area contributed by atoms with Crippen LogP contribution in [0, 0.1) is 0 Å². The highest BCUT2D eigenvalue weighted by molar-refractivity contribution is 6.31. The minimum atomic E-state index is 0.370. The number of rotatable bonds is 3. The van der Waals surface area contributed by atoms with Gasteiger partial charge in [-0.05, 0) is 30.3 Å². The molecular formula is C15H12ClN3O. The molecule has 4 nitrogen and oxygen atoms in total. The van der Waals surface area contributed by atoms with Crippen LogP contribution in [0.1, 0.15) is 5.56 Å². The molecule has 3 aromatic rings. The van der Waals surface area contributed by atoms with Crippen molar-refractivity contribution in [3.8, 4) is 5.75 Å². The van der Waals surface area contributed by atoms with E-state index in [1.807, 2.05) is 24.3 Å². The van der Waals surface area contributed by atoms with Crippen LogP contribution in [0.4, 0.5) is 5.69 Å². The third kappa shape index (κ3) is 2.38. The second-order valence-corrected chi connectivity index (χ2v) is 4.72. The average Bonchev–Trinajstić information content (AvgIpc) is 2.48. The number of nitrogens with two attached hydrogens (primary N) is 1. The molecule has 2 aromatic heterocycles. The first-order chi connectivity index (χ1) is 9.75. The SMILES string of the molecule is Nc1ccc(OCc2ccncc2Cl)c2cccnc12. The van der Waals surface area contributed by atoms with E-state index in [-0.39, 0.29) is 0 Å². The Morgan fingerprint density at radius 2 is 2.05 bits per heavy atom. The van der Waals surface area contributed by atoms with Crippen molar-refractivity contribution in [2.45, 2.75) is 6.61 Å². The van der Waals surface area contributed by atoms with Crippen molar-refractivity contribution in [3.05, 3.63) is 59.5 Å². The fourth-order valence-corrected chi connectivity index (χ4v) is 2.14. The molecule has 0 fully saturated rings. The number of anilines is 1. The third-order valence-corrected chi connectivity index (χ3v) is 3.34. The van der Waals surface area contributed by atoms with Gasteiger partial charge in [-0.25, -0.2) is 0 Å². The van der Waals surface area contributed by atoms with Crippen molar-refractivity contribution in [1.29, 1.82) is 0 Å². The molecule has 0 saturated carbocycles. The summed E-state index contributed by atoms with van der Waals surface area (Å²) in [4.78, 5) is 8.22. The van der Waals surface area contributed by atoms with E-state index >= 15 is 0 Å². The molecule has 0 aliphatic heterocycles. The molecule has 0 saturated heterocycles. The topological polar surface area (TPSA) is 61.0 Å². The molecular weight excluding hydrogens is 274 g/mol. The zero-order chi connectivity index (χ0) is 13.9. The van der Waals surface area contributed by atoms with Crippen molar-refractivity contribution in [2.75, 3.05) is 5.73 Å². The Morgan fingerprint density at radius 1 is 1.15 bits per heavy atom. The molecule has 0 amide bonds. The molecule has 0 aliphatic carbocycles. The summed E-state index contributed by atoms with van der Waals surface area (Å²) >= 11 is 6.06. The van der Waals surface area contributed by atoms with Crippen molar-refractivity contribution >= 4 is 28.2 Å². The van der Waals surface area contributed by atoms with Crippen molar-refractivity contribution in [3.63, 3.8) is 0 Å². The summed E-state index contributed by atoms with van der Waals surface area (Å²) in [5.74, 6) is 0.732. The van der Waals surface area contributed by atoms with Gasteiger partial charge in [0.1, 0.15) is 12.4 Å². The number of halogens is 1. The van der Waals surface area contributed by atoms with E-state index in [1.54, 1.807) is 24.7 Å². The average molecular weight is 286 g/mol. The number of pyridine rings is 2. The molecule has 2 N–H and O–H groups in total. The largest absolute Gasteiger partial charge is 0.488 e. The molecule has 1 aromatic carbocycles. The second kappa shape index (κ2) is 5.35. The van der Waals surface area contributed by atoms with Crippen LogP contribution in [0.15, 0.2) is 48.9 Å². The van der Waals surface area contributed by atoms with E-state index in [0.29, 0.717) is 17.3 Å². The summed E-state index contributed by atoms with van der Waals surface area (Å²) in [6.45, 7) is 0.370. The molecule has 3 rings (SSSR count). The summed E-state index contributed by atoms with van der Waals surface area (Å²) < 4.78 is 5.83. The lowest BCUT2D eigenvalue weighted by Crippen LogP contribution is -1.98. The highest BCUT2D eigenvalue weighted by Gasteiger charge is 2.07. The molecule has 20 heavy (non-hydrogen) atoms. The number of ether oxygens (including phenoxy) is 1. The van der Waals surface area contributed by atoms with Gasteiger partial charge in [-0.1, -0.05) is 11.6 Å². The molecule has 0 radical (unpaired) electrons. The van der Waals surface area contributed by atoms with Gasteiger partial charge in [-0.2, -0.15) is 0 Å². The zero-order valence-corrected chi connectivity index (χ0v) is 11.3. The smallest absolute Gasteiger partial charge is 0.129 e. The Hall–Kier alpha value is -2.33. The molecule has 5 heteroatoms. The number of nitrogen functional groups attached to an aromatic ring is 1. The Labute approximate surface area is 121 Å². The molecule has 0 bridgehead atoms. The fourth-order valence-electron chi connectivity index (χ4n) is 1.97. The highest BCUT2D eigenvalue weighted by atomic mass is 35.5. The maximum absolute atomic E-state index is 6.06. The van der Waals surface area contributed by atoms with Crippen molar-refractivity contribution in [1.82, 2.24) is 9.97 Å². The summed E-state index contributed by atoms with van der Waals surface area (Å²) in [5, 5.41) is 1.48. The summed E-state index contributed by atoms with van der Waals surface area (Å²) in [6, 6.07) is 9.25. The predicted molar refractivity (Wildman–Crippen MR) is 79.7 cm³/mol. The first-order valence-electron chi connectivity index (χ1n) is 6.10. The highest BCUT2D eigenvalue weighted by Crippen LogP contribution is 2.29. The Balaban J connectivity index is 1.92. The van der Waals surface area contributed by atoms with Crippen LogP contribution in [0.2, 0.25) is 5.02 Å². The first-order valence-corrected chi connectivity index (χ1v) is 6.48. The number of aromatic nitrogens is 2. The quantitative estimate of drug-likeness (QED) is 0.749. The van der Waals surface area contributed by atoms with Gasteiger partial charge in [0.15, 0.2) is 0 Å². The lowest BCUT2D eigenvalue weighted by molar-refractivity contribution is 0.310. The van der Waals surface area contributed by atoms with E-state index in [4.69, 9.17) is 22.1 Å². The summed E-state index contributed by atoms with van der Waals surface area (Å²) in [6.07, 6.45) is 5.00. The van der Waals surface area contributed by atoms with Gasteiger partial charge in [-0.15, -0.1) is 0 Å². The van der Waals surface area contributed by atoms with Gasteiger partial charge in [0.25, 0.3) is 0 Å². The Bertz CT molecular complexity index is 761. The van der Waals surface area contributed by atoms with Crippen LogP contribution in [-0.4, -0.2) is 9.97 Å². The maximum atomic E-state index is 6.06. The van der Waals surface area contributed by atoms with Crippen LogP contribution in [0.5, 0.6) is 5.75 Å². The van der Waals surface area contributed by atoms with Crippen LogP contribution in [0.3, 0.4) is 0 Å². The summed E-state index contributed by atoms with van der Waals surface area (Å²) in [5.41, 5.74) is 8.17. The number of hydrogen-bond acceptors (Lipinski definition) is 4. The van der Waals surface area contributed by atoms with Crippen molar-refractivity contribution < 1.29 is 4.74 Å². The molecule has 100 valence electrons. The van der Waals surface area contributed by atoms with E-state index < -0.39 is 0 Å². The molecule has 0 spiro atoms. The van der Waals surface area contributed by atoms with Gasteiger partial charge in [0.05, 0.1) is 16.2 Å². The van der Waals surface area contributed by atoms with E-state index in [0.717, 1.165) is 22.2 Å². The number of nitrogens with zero attached hydrogens (tertiary/aromatic N) is 2. The maximum Gasteiger partial charge on any atom is 0.129 e. The van der Waals surface area contributed by atoms with E-state index in [1.165, 1.54) is 0 Å². The van der Waals surface area contributed by atoms with Gasteiger partial charge in [0.2, 0.25) is 0 Å². The van der Waals surface area contributed by atoms with E-state index in [2.05, 4.69) is 9.97 Å². The predicted octanol–water partition coefficient (Wildman–Crippen LogP) is 3.44. The standard InChI is InChI=1S/C15H12ClN3O/c16-12-8-18-7-5-10(12)9-20-14-4-3-13(17)15-11(14)2-1-6-19-15/h1-8H,9,17H2. The minimum absolute atomic E-state index is 0.370. The molecule has 0 unspecified atom stereocenters. The van der Waals surface area contributed by atoms with Crippen molar-refractivity contribution in [2.24, 2.45) is 0 Å². The van der Waals surface area contributed by atoms with Gasteiger partial charge < -0.3 is 10.5 Å². The molecule has 0 atom stereocenters. The number of hydrogen-bond donors (Lipinski definition) is 1. The number of benzene rings is 1. The lowest BCUT2D eigenvalue weighted by atomic mass is 10.1. The Kier molecular flexibility index (Phi) is 3.39. The first kappa shape index (κ1) is 12.7. The van der Waals surface area contributed by atoms with Crippen LogP contribution < -0.4 is 10.5 Å². The second-order valence-electron chi connectivity index (χ2n) is 4.31. The third-order valence-electron chi connectivity index (χ3n) is 3.00. The lowest BCUT2D eigenvalue weighted by Gasteiger charge is -2.11. The monoisotopic (exact) mass is 285 g/mol. The van der Waals surface area contributed by atoms with Crippen LogP contribution in [-0.2, 0) is 6.61 Å². The van der Waals surface area contributed by atoms with Gasteiger partial charge >= 0.3 is 0 Å². The van der Waals surface area contributed by atoms with Crippen LogP contribution in [0.25, 0.3) is 10.9 Å². The molecule has 2 heterocycles. The zero-order valence-electron chi connectivity index (χ0n) is 10.6. The van der Waals surface area contributed by atoms with Gasteiger partial charge in [0, 0.05) is 29.5 Å². The normalized spacial score (nSPS) is 10.7. The number of fused-ring (bicyclic) bond motifs is 1. The fraction of sp³-hybridized carbons (Fsp3) is 0.0667. The van der Waals surface area contributed by atoms with E-state index in [9.17, 15) is 0 Å². The summed E-state index contributed by atoms with van der Waals surface area (Å²) in [7, 11) is 0. The van der Waals surface area contributed by atoms with Crippen LogP contribution >= 0.6 is 11.6 Å². The Morgan fingerprint density at radius 3 is 2.90 bits per heavy atom. The minimum Gasteiger partial charge on any atom is -0.488 e. The molecule has 0 aliphatic rings. The van der Waals surface area contributed by atoms with Gasteiger partial charge in [-0.3, -0.25) is 9.97 Å².